The Balaban J connectivity index is 0.000000160. The van der Waals surface area contributed by atoms with Crippen LogP contribution in [0.2, 0.25) is 0 Å². The van der Waals surface area contributed by atoms with Gasteiger partial charge in [-0.2, -0.15) is 12.1 Å². The van der Waals surface area contributed by atoms with E-state index in [0.29, 0.717) is 0 Å². The van der Waals surface area contributed by atoms with Crippen molar-refractivity contribution < 1.29 is 26.2 Å². The van der Waals surface area contributed by atoms with Gasteiger partial charge in [0.05, 0.1) is 0 Å². The van der Waals surface area contributed by atoms with Gasteiger partial charge < -0.3 is 0 Å². The van der Waals surface area contributed by atoms with E-state index in [1.807, 2.05) is 0 Å². The largest absolute Gasteiger partial charge is 2.00 e. The standard InChI is InChI=1S/2C16H14P.Zr/c2*1-12-6-2-5-9-16(12)17-15-10-13-7-3-4-8-14(13)11-15;/h2*2-11,17H,1H3;/q2*-1;+2. The molecule has 6 aromatic carbocycles. The summed E-state index contributed by atoms with van der Waals surface area (Å²) in [5, 5.41) is 11.2. The fourth-order valence-corrected chi connectivity index (χ4v) is 6.64. The number of aryl methyl sites for hydroxylation is 2. The van der Waals surface area contributed by atoms with Gasteiger partial charge in [-0.05, 0) is 35.6 Å². The topological polar surface area (TPSA) is 0 Å². The maximum absolute atomic E-state index is 2.31. The molecular formula is C32H28P2Zr. The zero-order chi connectivity index (χ0) is 23.3. The maximum atomic E-state index is 2.31. The average Bonchev–Trinajstić information content (AvgIpc) is 3.45. The molecule has 0 N–H and O–H groups in total. The second kappa shape index (κ2) is 12.2. The minimum Gasteiger partial charge on any atom is -0.160 e. The van der Waals surface area contributed by atoms with Crippen molar-refractivity contribution in [3.8, 4) is 0 Å². The molecule has 0 saturated carbocycles. The van der Waals surface area contributed by atoms with Crippen molar-refractivity contribution in [3.05, 3.63) is 132 Å². The molecule has 170 valence electrons. The van der Waals surface area contributed by atoms with Gasteiger partial charge in [-0.3, -0.25) is 0 Å². The monoisotopic (exact) mass is 564 g/mol. The molecule has 6 rings (SSSR count). The molecular weight excluding hydrogens is 538 g/mol. The third-order valence-corrected chi connectivity index (χ3v) is 8.90. The van der Waals surface area contributed by atoms with Crippen molar-refractivity contribution in [2.24, 2.45) is 0 Å². The summed E-state index contributed by atoms with van der Waals surface area (Å²) in [5.74, 6) is 0. The van der Waals surface area contributed by atoms with E-state index in [0.717, 1.165) is 17.2 Å². The fourth-order valence-electron chi connectivity index (χ4n) is 4.18. The molecule has 35 heavy (non-hydrogen) atoms. The quantitative estimate of drug-likeness (QED) is 0.160. The molecule has 0 aliphatic rings. The maximum Gasteiger partial charge on any atom is 2.00 e. The molecule has 0 saturated heterocycles. The minimum absolute atomic E-state index is 0. The van der Waals surface area contributed by atoms with Crippen LogP contribution in [0, 0.1) is 13.8 Å². The predicted octanol–water partition coefficient (Wildman–Crippen LogP) is 6.99. The van der Waals surface area contributed by atoms with Gasteiger partial charge in [-0.1, -0.05) is 77.8 Å². The second-order valence-electron chi connectivity index (χ2n) is 8.63. The van der Waals surface area contributed by atoms with Crippen molar-refractivity contribution in [3.63, 3.8) is 0 Å². The van der Waals surface area contributed by atoms with Crippen molar-refractivity contribution in [1.82, 2.24) is 0 Å². The van der Waals surface area contributed by atoms with E-state index >= 15 is 0 Å². The van der Waals surface area contributed by atoms with Crippen molar-refractivity contribution >= 4 is 59.9 Å². The van der Waals surface area contributed by atoms with E-state index in [2.05, 4.69) is 135 Å². The summed E-state index contributed by atoms with van der Waals surface area (Å²) in [4.78, 5) is 0. The second-order valence-corrected chi connectivity index (χ2v) is 11.4. The first-order valence-electron chi connectivity index (χ1n) is 11.6. The van der Waals surface area contributed by atoms with Crippen LogP contribution in [0.3, 0.4) is 0 Å². The van der Waals surface area contributed by atoms with Crippen LogP contribution < -0.4 is 21.2 Å². The molecule has 0 spiro atoms. The number of fused-ring (bicyclic) bond motifs is 2. The zero-order valence-corrected chi connectivity index (χ0v) is 24.5. The van der Waals surface area contributed by atoms with Crippen LogP contribution >= 0.6 is 17.2 Å². The first-order chi connectivity index (χ1) is 16.7. The summed E-state index contributed by atoms with van der Waals surface area (Å²) in [5.41, 5.74) is 2.77. The Bertz CT molecular complexity index is 1360. The van der Waals surface area contributed by atoms with Crippen LogP contribution in [-0.2, 0) is 26.2 Å². The summed E-state index contributed by atoms with van der Waals surface area (Å²) >= 11 is 0. The number of rotatable bonds is 4. The van der Waals surface area contributed by atoms with Gasteiger partial charge in [-0.25, -0.2) is 0 Å². The fraction of sp³-hybridized carbons (Fsp3) is 0.0625. The smallest absolute Gasteiger partial charge is 0.160 e. The molecule has 6 aromatic rings. The van der Waals surface area contributed by atoms with E-state index in [4.69, 9.17) is 0 Å². The van der Waals surface area contributed by atoms with Crippen molar-refractivity contribution in [2.75, 3.05) is 0 Å². The Kier molecular flexibility index (Phi) is 9.03. The van der Waals surface area contributed by atoms with Gasteiger partial charge in [0.2, 0.25) is 0 Å². The third-order valence-electron chi connectivity index (χ3n) is 6.08. The molecule has 0 heterocycles. The van der Waals surface area contributed by atoms with Gasteiger partial charge in [0.25, 0.3) is 0 Å². The molecule has 0 nitrogen and oxygen atoms in total. The Morgan fingerprint density at radius 2 is 0.857 bits per heavy atom. The van der Waals surface area contributed by atoms with E-state index in [9.17, 15) is 0 Å². The first-order valence-corrected chi connectivity index (χ1v) is 13.6. The average molecular weight is 566 g/mol. The normalized spacial score (nSPS) is 11.3. The van der Waals surface area contributed by atoms with Crippen LogP contribution in [0.15, 0.2) is 121 Å². The van der Waals surface area contributed by atoms with Crippen molar-refractivity contribution in [2.45, 2.75) is 13.8 Å². The van der Waals surface area contributed by atoms with Crippen LogP contribution in [0.25, 0.3) is 21.5 Å². The molecule has 2 unspecified atom stereocenters. The molecule has 2 atom stereocenters. The summed E-state index contributed by atoms with van der Waals surface area (Å²) in [6, 6.07) is 43.6. The van der Waals surface area contributed by atoms with Crippen LogP contribution in [-0.4, -0.2) is 0 Å². The molecule has 0 aliphatic carbocycles. The van der Waals surface area contributed by atoms with Crippen LogP contribution in [0.5, 0.6) is 0 Å². The van der Waals surface area contributed by atoms with Crippen molar-refractivity contribution in [1.29, 1.82) is 0 Å². The van der Waals surface area contributed by atoms with Gasteiger partial charge in [-0.15, -0.1) is 80.7 Å². The van der Waals surface area contributed by atoms with E-state index in [1.165, 1.54) is 53.9 Å². The molecule has 0 aliphatic heterocycles. The van der Waals surface area contributed by atoms with E-state index in [1.54, 1.807) is 0 Å². The molecule has 0 bridgehead atoms. The summed E-state index contributed by atoms with van der Waals surface area (Å²) < 4.78 is 0. The Hall–Kier alpha value is -2.16. The van der Waals surface area contributed by atoms with Gasteiger partial charge in [0.15, 0.2) is 0 Å². The van der Waals surface area contributed by atoms with Gasteiger partial charge in [0, 0.05) is 0 Å². The molecule has 0 amide bonds. The Morgan fingerprint density at radius 3 is 1.26 bits per heavy atom. The SMILES string of the molecule is Cc1ccccc1Pc1cc2ccccc2[cH-]1.Cc1ccccc1Pc1cc2ccccc2[cH-]1.[Zr+2]. The summed E-state index contributed by atoms with van der Waals surface area (Å²) in [6.07, 6.45) is 0. The Morgan fingerprint density at radius 1 is 0.486 bits per heavy atom. The number of hydrogen-bond donors (Lipinski definition) is 0. The first kappa shape index (κ1) is 25.9. The molecule has 0 aromatic heterocycles. The summed E-state index contributed by atoms with van der Waals surface area (Å²) in [6.45, 7) is 4.37. The van der Waals surface area contributed by atoms with E-state index < -0.39 is 0 Å². The van der Waals surface area contributed by atoms with E-state index in [-0.39, 0.29) is 26.2 Å². The van der Waals surface area contributed by atoms with Gasteiger partial charge in [0.1, 0.15) is 0 Å². The Labute approximate surface area is 231 Å². The molecule has 3 heteroatoms. The van der Waals surface area contributed by atoms with Gasteiger partial charge >= 0.3 is 26.2 Å². The van der Waals surface area contributed by atoms with Crippen LogP contribution in [0.4, 0.5) is 0 Å². The number of benzene rings is 4. The molecule has 0 fully saturated rings. The van der Waals surface area contributed by atoms with Crippen LogP contribution in [0.1, 0.15) is 11.1 Å². The number of hydrogen-bond acceptors (Lipinski definition) is 0. The minimum atomic E-state index is 0. The predicted molar refractivity (Wildman–Crippen MR) is 157 cm³/mol. The third kappa shape index (κ3) is 6.54. The summed E-state index contributed by atoms with van der Waals surface area (Å²) in [7, 11) is 1.52. The molecule has 0 radical (unpaired) electrons. The zero-order valence-electron chi connectivity index (χ0n) is 20.0.